The Balaban J connectivity index is 1.59. The first-order valence-electron chi connectivity index (χ1n) is 7.30. The molecule has 6 heteroatoms. The minimum Gasteiger partial charge on any atom is -0.378 e. The van der Waals surface area contributed by atoms with Crippen LogP contribution in [0.5, 0.6) is 0 Å². The number of benzene rings is 1. The number of ether oxygens (including phenoxy) is 1. The Morgan fingerprint density at radius 1 is 1.14 bits per heavy atom. The van der Waals surface area contributed by atoms with Crippen LogP contribution in [0.4, 0.5) is 5.95 Å². The maximum absolute atomic E-state index is 12.3. The van der Waals surface area contributed by atoms with E-state index < -0.39 is 0 Å². The highest BCUT2D eigenvalue weighted by molar-refractivity contribution is 5.93. The van der Waals surface area contributed by atoms with Crippen LogP contribution in [0.3, 0.4) is 0 Å². The third kappa shape index (κ3) is 3.59. The van der Waals surface area contributed by atoms with Gasteiger partial charge in [-0.25, -0.2) is 9.97 Å². The molecule has 0 aliphatic carbocycles. The van der Waals surface area contributed by atoms with Gasteiger partial charge < -0.3 is 15.0 Å². The summed E-state index contributed by atoms with van der Waals surface area (Å²) in [6.45, 7) is 3.06. The second-order valence-electron chi connectivity index (χ2n) is 5.04. The lowest BCUT2D eigenvalue weighted by Crippen LogP contribution is -2.40. The van der Waals surface area contributed by atoms with E-state index in [1.807, 2.05) is 30.3 Å². The smallest absolute Gasteiger partial charge is 0.257 e. The molecule has 1 aromatic carbocycles. The summed E-state index contributed by atoms with van der Waals surface area (Å²) in [5.74, 6) is 0.472. The zero-order chi connectivity index (χ0) is 15.2. The van der Waals surface area contributed by atoms with Crippen LogP contribution in [-0.4, -0.2) is 47.1 Å². The van der Waals surface area contributed by atoms with Crippen molar-refractivity contribution in [1.29, 1.82) is 0 Å². The van der Waals surface area contributed by atoms with Gasteiger partial charge in [0.2, 0.25) is 5.95 Å². The van der Waals surface area contributed by atoms with Crippen molar-refractivity contribution in [2.24, 2.45) is 0 Å². The van der Waals surface area contributed by atoms with Crippen LogP contribution in [0.15, 0.2) is 42.7 Å². The van der Waals surface area contributed by atoms with Crippen molar-refractivity contribution < 1.29 is 9.53 Å². The second-order valence-corrected chi connectivity index (χ2v) is 5.04. The quantitative estimate of drug-likeness (QED) is 0.928. The number of amides is 1. The second kappa shape index (κ2) is 7.00. The average Bonchev–Trinajstić information content (AvgIpc) is 2.61. The zero-order valence-corrected chi connectivity index (χ0v) is 12.2. The predicted octanol–water partition coefficient (Wildman–Crippen LogP) is 1.56. The SMILES string of the molecule is O=C(c1cnc(NCc2ccccc2)nc1)N1CCOCC1. The van der Waals surface area contributed by atoms with Gasteiger partial charge in [-0.1, -0.05) is 30.3 Å². The van der Waals surface area contributed by atoms with Gasteiger partial charge in [0.1, 0.15) is 0 Å². The highest BCUT2D eigenvalue weighted by Gasteiger charge is 2.18. The highest BCUT2D eigenvalue weighted by Crippen LogP contribution is 2.08. The van der Waals surface area contributed by atoms with Crippen LogP contribution < -0.4 is 5.32 Å². The zero-order valence-electron chi connectivity index (χ0n) is 12.2. The van der Waals surface area contributed by atoms with Crippen molar-refractivity contribution in [3.63, 3.8) is 0 Å². The molecule has 1 aliphatic rings. The van der Waals surface area contributed by atoms with E-state index in [0.29, 0.717) is 44.4 Å². The fraction of sp³-hybridized carbons (Fsp3) is 0.312. The normalized spacial score (nSPS) is 14.6. The van der Waals surface area contributed by atoms with Crippen LogP contribution in [0, 0.1) is 0 Å². The van der Waals surface area contributed by atoms with E-state index in [2.05, 4.69) is 15.3 Å². The van der Waals surface area contributed by atoms with Crippen molar-refractivity contribution in [1.82, 2.24) is 14.9 Å². The molecule has 1 fully saturated rings. The Morgan fingerprint density at radius 3 is 2.50 bits per heavy atom. The number of anilines is 1. The van der Waals surface area contributed by atoms with Crippen LogP contribution >= 0.6 is 0 Å². The summed E-state index contributed by atoms with van der Waals surface area (Å²) in [7, 11) is 0. The minimum absolute atomic E-state index is 0.0436. The molecule has 2 heterocycles. The summed E-state index contributed by atoms with van der Waals surface area (Å²) < 4.78 is 5.24. The predicted molar refractivity (Wildman–Crippen MR) is 82.5 cm³/mol. The molecule has 0 spiro atoms. The molecule has 2 aromatic rings. The molecule has 3 rings (SSSR count). The van der Waals surface area contributed by atoms with Crippen LogP contribution in [0.2, 0.25) is 0 Å². The number of rotatable bonds is 4. The van der Waals surface area contributed by atoms with E-state index in [1.54, 1.807) is 17.3 Å². The first kappa shape index (κ1) is 14.5. The molecule has 1 aliphatic heterocycles. The third-order valence-corrected chi connectivity index (χ3v) is 3.49. The van der Waals surface area contributed by atoms with Gasteiger partial charge in [0.15, 0.2) is 0 Å². The Labute approximate surface area is 129 Å². The molecule has 0 unspecified atom stereocenters. The summed E-state index contributed by atoms with van der Waals surface area (Å²) in [6, 6.07) is 10.0. The number of carbonyl (C=O) groups excluding carboxylic acids is 1. The molecule has 114 valence electrons. The standard InChI is InChI=1S/C16H18N4O2/c21-15(20-6-8-22-9-7-20)14-11-18-16(19-12-14)17-10-13-4-2-1-3-5-13/h1-5,11-12H,6-10H2,(H,17,18,19). The molecule has 0 bridgehead atoms. The van der Waals surface area contributed by atoms with Gasteiger partial charge >= 0.3 is 0 Å². The molecular formula is C16H18N4O2. The van der Waals surface area contributed by atoms with E-state index in [0.717, 1.165) is 5.56 Å². The number of carbonyl (C=O) groups is 1. The van der Waals surface area contributed by atoms with Crippen molar-refractivity contribution in [3.8, 4) is 0 Å². The van der Waals surface area contributed by atoms with Crippen molar-refractivity contribution >= 4 is 11.9 Å². The largest absolute Gasteiger partial charge is 0.378 e. The number of nitrogens with one attached hydrogen (secondary N) is 1. The van der Waals surface area contributed by atoms with Gasteiger partial charge in [0, 0.05) is 32.0 Å². The number of nitrogens with zero attached hydrogens (tertiary/aromatic N) is 3. The van der Waals surface area contributed by atoms with E-state index in [9.17, 15) is 4.79 Å². The molecule has 1 aromatic heterocycles. The average molecular weight is 298 g/mol. The maximum Gasteiger partial charge on any atom is 0.257 e. The summed E-state index contributed by atoms with van der Waals surface area (Å²) in [5, 5.41) is 3.14. The molecule has 1 saturated heterocycles. The first-order chi connectivity index (χ1) is 10.8. The topological polar surface area (TPSA) is 67.4 Å². The van der Waals surface area contributed by atoms with Gasteiger partial charge in [0.25, 0.3) is 5.91 Å². The summed E-state index contributed by atoms with van der Waals surface area (Å²) >= 11 is 0. The number of hydrogen-bond donors (Lipinski definition) is 1. The molecule has 0 atom stereocenters. The Kier molecular flexibility index (Phi) is 4.60. The van der Waals surface area contributed by atoms with E-state index in [4.69, 9.17) is 4.74 Å². The Hall–Kier alpha value is -2.47. The molecular weight excluding hydrogens is 280 g/mol. The number of aromatic nitrogens is 2. The highest BCUT2D eigenvalue weighted by atomic mass is 16.5. The lowest BCUT2D eigenvalue weighted by Gasteiger charge is -2.26. The van der Waals surface area contributed by atoms with Crippen molar-refractivity contribution in [3.05, 3.63) is 53.9 Å². The van der Waals surface area contributed by atoms with Crippen molar-refractivity contribution in [2.75, 3.05) is 31.6 Å². The Morgan fingerprint density at radius 2 is 1.82 bits per heavy atom. The lowest BCUT2D eigenvalue weighted by molar-refractivity contribution is 0.0302. The Bertz CT molecular complexity index is 610. The van der Waals surface area contributed by atoms with E-state index >= 15 is 0 Å². The molecule has 22 heavy (non-hydrogen) atoms. The van der Waals surface area contributed by atoms with E-state index in [-0.39, 0.29) is 5.91 Å². The summed E-state index contributed by atoms with van der Waals surface area (Å²) in [5.41, 5.74) is 1.66. The maximum atomic E-state index is 12.3. The van der Waals surface area contributed by atoms with Gasteiger partial charge in [-0.15, -0.1) is 0 Å². The molecule has 1 amide bonds. The van der Waals surface area contributed by atoms with Crippen LogP contribution in [0.25, 0.3) is 0 Å². The monoisotopic (exact) mass is 298 g/mol. The number of morpholine rings is 1. The first-order valence-corrected chi connectivity index (χ1v) is 7.30. The van der Waals surface area contributed by atoms with Gasteiger partial charge in [-0.2, -0.15) is 0 Å². The minimum atomic E-state index is -0.0436. The molecule has 0 radical (unpaired) electrons. The summed E-state index contributed by atoms with van der Waals surface area (Å²) in [4.78, 5) is 22.4. The molecule has 0 saturated carbocycles. The van der Waals surface area contributed by atoms with Gasteiger partial charge in [-0.05, 0) is 5.56 Å². The van der Waals surface area contributed by atoms with Crippen molar-refractivity contribution in [2.45, 2.75) is 6.54 Å². The number of hydrogen-bond acceptors (Lipinski definition) is 5. The summed E-state index contributed by atoms with van der Waals surface area (Å²) in [6.07, 6.45) is 3.14. The fourth-order valence-corrected chi connectivity index (χ4v) is 2.26. The van der Waals surface area contributed by atoms with Gasteiger partial charge in [-0.3, -0.25) is 4.79 Å². The third-order valence-electron chi connectivity index (χ3n) is 3.49. The fourth-order valence-electron chi connectivity index (χ4n) is 2.26. The van der Waals surface area contributed by atoms with Crippen LogP contribution in [-0.2, 0) is 11.3 Å². The van der Waals surface area contributed by atoms with E-state index in [1.165, 1.54) is 0 Å². The van der Waals surface area contributed by atoms with Gasteiger partial charge in [0.05, 0.1) is 18.8 Å². The lowest BCUT2D eigenvalue weighted by atomic mass is 10.2. The van der Waals surface area contributed by atoms with Crippen LogP contribution in [0.1, 0.15) is 15.9 Å². The molecule has 6 nitrogen and oxygen atoms in total. The molecule has 1 N–H and O–H groups in total.